The van der Waals surface area contributed by atoms with E-state index in [1.807, 2.05) is 0 Å². The van der Waals surface area contributed by atoms with Crippen molar-refractivity contribution < 1.29 is 14.8 Å². The zero-order valence-electron chi connectivity index (χ0n) is 10.4. The van der Waals surface area contributed by atoms with E-state index in [0.717, 1.165) is 0 Å². The standard InChI is InChI=1S/C15H11NO4/c17-14(11-4-2-1-3-5-11)8-6-12-10-13(16(19)20)7-9-15(12)18/h1-10,18H. The molecule has 0 heterocycles. The molecule has 5 nitrogen and oxygen atoms in total. The van der Waals surface area contributed by atoms with Gasteiger partial charge in [-0.15, -0.1) is 0 Å². The summed E-state index contributed by atoms with van der Waals surface area (Å²) in [5, 5.41) is 20.3. The van der Waals surface area contributed by atoms with E-state index in [-0.39, 0.29) is 22.8 Å². The predicted octanol–water partition coefficient (Wildman–Crippen LogP) is 3.20. The summed E-state index contributed by atoms with van der Waals surface area (Å²) in [5.41, 5.74) is 0.590. The lowest BCUT2D eigenvalue weighted by molar-refractivity contribution is -0.384. The van der Waals surface area contributed by atoms with Gasteiger partial charge in [-0.3, -0.25) is 14.9 Å². The number of phenols is 1. The van der Waals surface area contributed by atoms with E-state index >= 15 is 0 Å². The summed E-state index contributed by atoms with van der Waals surface area (Å²) in [7, 11) is 0. The topological polar surface area (TPSA) is 80.4 Å². The molecule has 0 atom stereocenters. The Labute approximate surface area is 115 Å². The van der Waals surface area contributed by atoms with E-state index in [9.17, 15) is 20.0 Å². The molecule has 0 aliphatic heterocycles. The maximum Gasteiger partial charge on any atom is 0.270 e. The van der Waals surface area contributed by atoms with Crippen molar-refractivity contribution in [3.05, 3.63) is 75.8 Å². The van der Waals surface area contributed by atoms with Gasteiger partial charge in [-0.1, -0.05) is 30.3 Å². The molecule has 0 aliphatic carbocycles. The van der Waals surface area contributed by atoms with Crippen LogP contribution in [0.2, 0.25) is 0 Å². The van der Waals surface area contributed by atoms with Crippen LogP contribution in [0.3, 0.4) is 0 Å². The minimum atomic E-state index is -0.560. The van der Waals surface area contributed by atoms with Gasteiger partial charge < -0.3 is 5.11 Å². The van der Waals surface area contributed by atoms with Crippen LogP contribution in [0.15, 0.2) is 54.6 Å². The predicted molar refractivity (Wildman–Crippen MR) is 74.6 cm³/mol. The molecule has 2 aromatic carbocycles. The third-order valence-corrected chi connectivity index (χ3v) is 2.69. The van der Waals surface area contributed by atoms with Gasteiger partial charge in [0, 0.05) is 23.3 Å². The van der Waals surface area contributed by atoms with Crippen LogP contribution in [-0.2, 0) is 0 Å². The number of hydrogen-bond donors (Lipinski definition) is 1. The number of ketones is 1. The maximum atomic E-state index is 11.8. The third-order valence-electron chi connectivity index (χ3n) is 2.69. The largest absolute Gasteiger partial charge is 0.507 e. The molecule has 2 aromatic rings. The number of nitro benzene ring substituents is 1. The van der Waals surface area contributed by atoms with Gasteiger partial charge in [0.2, 0.25) is 0 Å². The summed E-state index contributed by atoms with van der Waals surface area (Å²) in [5.74, 6) is -0.357. The fraction of sp³-hybridized carbons (Fsp3) is 0. The first-order valence-corrected chi connectivity index (χ1v) is 5.83. The van der Waals surface area contributed by atoms with Crippen LogP contribution in [0.5, 0.6) is 5.75 Å². The first-order valence-electron chi connectivity index (χ1n) is 5.83. The van der Waals surface area contributed by atoms with Gasteiger partial charge in [0.25, 0.3) is 5.69 Å². The van der Waals surface area contributed by atoms with Crippen molar-refractivity contribution in [3.8, 4) is 5.75 Å². The molecule has 5 heteroatoms. The molecule has 1 N–H and O–H groups in total. The average molecular weight is 269 g/mol. The summed E-state index contributed by atoms with van der Waals surface area (Å²) in [6, 6.07) is 12.3. The third kappa shape index (κ3) is 3.08. The monoisotopic (exact) mass is 269 g/mol. The van der Waals surface area contributed by atoms with Crippen LogP contribution in [0.25, 0.3) is 6.08 Å². The Morgan fingerprint density at radius 2 is 1.85 bits per heavy atom. The number of rotatable bonds is 4. The zero-order valence-corrected chi connectivity index (χ0v) is 10.4. The SMILES string of the molecule is O=C(C=Cc1cc([N+](=O)[O-])ccc1O)c1ccccc1. The molecular formula is C15H11NO4. The Morgan fingerprint density at radius 3 is 2.50 bits per heavy atom. The number of allylic oxidation sites excluding steroid dienone is 1. The normalized spacial score (nSPS) is 10.6. The number of nitrogens with zero attached hydrogens (tertiary/aromatic N) is 1. The number of carbonyl (C=O) groups excluding carboxylic acids is 1. The van der Waals surface area contributed by atoms with Gasteiger partial charge in [-0.25, -0.2) is 0 Å². The van der Waals surface area contributed by atoms with Crippen molar-refractivity contribution in [1.82, 2.24) is 0 Å². The lowest BCUT2D eigenvalue weighted by atomic mass is 10.1. The van der Waals surface area contributed by atoms with Crippen LogP contribution in [0.4, 0.5) is 5.69 Å². The fourth-order valence-electron chi connectivity index (χ4n) is 1.65. The van der Waals surface area contributed by atoms with Crippen molar-refractivity contribution in [3.63, 3.8) is 0 Å². The van der Waals surface area contributed by atoms with Crippen molar-refractivity contribution in [2.75, 3.05) is 0 Å². The number of phenolic OH excluding ortho intramolecular Hbond substituents is 1. The zero-order chi connectivity index (χ0) is 14.5. The molecule has 0 aromatic heterocycles. The summed E-state index contributed by atoms with van der Waals surface area (Å²) < 4.78 is 0. The summed E-state index contributed by atoms with van der Waals surface area (Å²) in [4.78, 5) is 21.9. The molecule has 0 radical (unpaired) electrons. The van der Waals surface area contributed by atoms with E-state index in [1.54, 1.807) is 30.3 Å². The molecule has 0 spiro atoms. The average Bonchev–Trinajstić information content (AvgIpc) is 2.46. The van der Waals surface area contributed by atoms with Crippen LogP contribution in [0, 0.1) is 10.1 Å². The maximum absolute atomic E-state index is 11.8. The van der Waals surface area contributed by atoms with Crippen molar-refractivity contribution in [2.24, 2.45) is 0 Å². The molecule has 100 valence electrons. The van der Waals surface area contributed by atoms with E-state index in [4.69, 9.17) is 0 Å². The summed E-state index contributed by atoms with van der Waals surface area (Å²) >= 11 is 0. The Balaban J connectivity index is 2.25. The second kappa shape index (κ2) is 5.79. The van der Waals surface area contributed by atoms with Crippen LogP contribution < -0.4 is 0 Å². The fourth-order valence-corrected chi connectivity index (χ4v) is 1.65. The number of non-ortho nitro benzene ring substituents is 1. The number of nitro groups is 1. The van der Waals surface area contributed by atoms with E-state index in [1.165, 1.54) is 30.4 Å². The highest BCUT2D eigenvalue weighted by Crippen LogP contribution is 2.24. The number of aromatic hydroxyl groups is 1. The number of benzene rings is 2. The first-order chi connectivity index (χ1) is 9.58. The van der Waals surface area contributed by atoms with Crippen molar-refractivity contribution >= 4 is 17.5 Å². The van der Waals surface area contributed by atoms with Gasteiger partial charge in [-0.2, -0.15) is 0 Å². The summed E-state index contributed by atoms with van der Waals surface area (Å²) in [6.45, 7) is 0. The molecular weight excluding hydrogens is 258 g/mol. The van der Waals surface area contributed by atoms with Gasteiger partial charge in [0.1, 0.15) is 5.75 Å². The minimum absolute atomic E-state index is 0.118. The quantitative estimate of drug-likeness (QED) is 0.400. The molecule has 20 heavy (non-hydrogen) atoms. The smallest absolute Gasteiger partial charge is 0.270 e. The molecule has 0 amide bonds. The lowest BCUT2D eigenvalue weighted by Crippen LogP contribution is -1.93. The van der Waals surface area contributed by atoms with Gasteiger partial charge in [0.15, 0.2) is 5.78 Å². The molecule has 0 aliphatic rings. The minimum Gasteiger partial charge on any atom is -0.507 e. The van der Waals surface area contributed by atoms with Crippen molar-refractivity contribution in [2.45, 2.75) is 0 Å². The second-order valence-corrected chi connectivity index (χ2v) is 4.06. The highest BCUT2D eigenvalue weighted by molar-refractivity contribution is 6.06. The van der Waals surface area contributed by atoms with Crippen molar-refractivity contribution in [1.29, 1.82) is 0 Å². The number of hydrogen-bond acceptors (Lipinski definition) is 4. The van der Waals surface area contributed by atoms with Crippen LogP contribution in [-0.4, -0.2) is 15.8 Å². The van der Waals surface area contributed by atoms with E-state index < -0.39 is 4.92 Å². The van der Waals surface area contributed by atoms with Gasteiger partial charge in [-0.05, 0) is 18.2 Å². The molecule has 0 saturated heterocycles. The lowest BCUT2D eigenvalue weighted by Gasteiger charge is -1.99. The first kappa shape index (κ1) is 13.5. The Hall–Kier alpha value is -2.95. The van der Waals surface area contributed by atoms with Crippen LogP contribution in [0.1, 0.15) is 15.9 Å². The molecule has 0 unspecified atom stereocenters. The molecule has 0 bridgehead atoms. The second-order valence-electron chi connectivity index (χ2n) is 4.06. The van der Waals surface area contributed by atoms with E-state index in [2.05, 4.69) is 0 Å². The Bertz CT molecular complexity index is 678. The number of carbonyl (C=O) groups is 1. The van der Waals surface area contributed by atoms with Crippen LogP contribution >= 0.6 is 0 Å². The molecule has 2 rings (SSSR count). The van der Waals surface area contributed by atoms with E-state index in [0.29, 0.717) is 5.56 Å². The Kier molecular flexibility index (Phi) is 3.91. The van der Waals surface area contributed by atoms with Gasteiger partial charge >= 0.3 is 0 Å². The highest BCUT2D eigenvalue weighted by Gasteiger charge is 2.08. The molecule has 0 fully saturated rings. The molecule has 0 saturated carbocycles. The van der Waals surface area contributed by atoms with Gasteiger partial charge in [0.05, 0.1) is 4.92 Å². The Morgan fingerprint density at radius 1 is 1.15 bits per heavy atom. The highest BCUT2D eigenvalue weighted by atomic mass is 16.6. The summed E-state index contributed by atoms with van der Waals surface area (Å²) in [6.07, 6.45) is 2.63.